The van der Waals surface area contributed by atoms with E-state index in [9.17, 15) is 4.79 Å². The van der Waals surface area contributed by atoms with Crippen LogP contribution in [-0.2, 0) is 10.2 Å². The fraction of sp³-hybridized carbons (Fsp3) is 0.727. The van der Waals surface area contributed by atoms with Gasteiger partial charge < -0.3 is 10.3 Å². The van der Waals surface area contributed by atoms with Crippen molar-refractivity contribution in [1.82, 2.24) is 10.1 Å². The highest BCUT2D eigenvalue weighted by molar-refractivity contribution is 5.81. The lowest BCUT2D eigenvalue weighted by Crippen LogP contribution is -2.50. The van der Waals surface area contributed by atoms with Crippen LogP contribution in [0.1, 0.15) is 44.4 Å². The minimum atomic E-state index is -0.248. The lowest BCUT2D eigenvalue weighted by molar-refractivity contribution is -0.134. The number of nitrogens with two attached hydrogens (primary N) is 1. The summed E-state index contributed by atoms with van der Waals surface area (Å²) in [6.07, 6.45) is 6.88. The molecular formula is C11H15N3O2. The van der Waals surface area contributed by atoms with Crippen LogP contribution in [0, 0.1) is 5.41 Å². The predicted molar refractivity (Wildman–Crippen MR) is 55.3 cm³/mol. The standard InChI is InChI=1S/C11H15N3O2/c12-8(15)10-1-4-11(5-2-10,6-3-10)9-13-7-14-16-9/h7H,1-6H2,(H2,12,15). The van der Waals surface area contributed by atoms with Gasteiger partial charge in [0.2, 0.25) is 11.8 Å². The number of primary amides is 1. The number of fused-ring (bicyclic) bond motifs is 3. The highest BCUT2D eigenvalue weighted by Gasteiger charge is 2.54. The van der Waals surface area contributed by atoms with Crippen molar-refractivity contribution in [3.63, 3.8) is 0 Å². The van der Waals surface area contributed by atoms with E-state index in [0.29, 0.717) is 0 Å². The number of rotatable bonds is 2. The van der Waals surface area contributed by atoms with Gasteiger partial charge in [-0.05, 0) is 38.5 Å². The van der Waals surface area contributed by atoms with Crippen molar-refractivity contribution in [1.29, 1.82) is 0 Å². The maximum Gasteiger partial charge on any atom is 0.232 e. The van der Waals surface area contributed by atoms with Gasteiger partial charge in [0.25, 0.3) is 0 Å². The van der Waals surface area contributed by atoms with E-state index in [0.717, 1.165) is 44.4 Å². The topological polar surface area (TPSA) is 82.0 Å². The van der Waals surface area contributed by atoms with Gasteiger partial charge in [-0.1, -0.05) is 5.16 Å². The molecule has 3 fully saturated rings. The molecule has 3 aliphatic rings. The summed E-state index contributed by atoms with van der Waals surface area (Å²) in [5.41, 5.74) is 5.28. The number of hydrogen-bond donors (Lipinski definition) is 1. The quantitative estimate of drug-likeness (QED) is 0.812. The van der Waals surface area contributed by atoms with E-state index in [1.165, 1.54) is 6.33 Å². The number of carbonyl (C=O) groups excluding carboxylic acids is 1. The molecule has 0 aromatic carbocycles. The Hall–Kier alpha value is -1.39. The van der Waals surface area contributed by atoms with E-state index in [1.807, 2.05) is 0 Å². The predicted octanol–water partition coefficient (Wildman–Crippen LogP) is 1.15. The first-order valence-corrected chi connectivity index (χ1v) is 5.74. The van der Waals surface area contributed by atoms with Gasteiger partial charge in [0, 0.05) is 10.8 Å². The lowest BCUT2D eigenvalue weighted by atomic mass is 9.53. The fourth-order valence-electron chi connectivity index (χ4n) is 3.28. The fourth-order valence-corrected chi connectivity index (χ4v) is 3.28. The van der Waals surface area contributed by atoms with Gasteiger partial charge in [0.1, 0.15) is 0 Å². The summed E-state index contributed by atoms with van der Waals surface area (Å²) in [7, 11) is 0. The zero-order valence-corrected chi connectivity index (χ0v) is 9.11. The second kappa shape index (κ2) is 3.06. The third-order valence-electron chi connectivity index (χ3n) is 4.58. The Morgan fingerprint density at radius 2 is 1.88 bits per heavy atom. The van der Waals surface area contributed by atoms with Gasteiger partial charge in [-0.15, -0.1) is 0 Å². The number of amides is 1. The molecule has 0 atom stereocenters. The summed E-state index contributed by atoms with van der Waals surface area (Å²) in [6.45, 7) is 0. The molecule has 5 nitrogen and oxygen atoms in total. The Kier molecular flexibility index (Phi) is 1.87. The molecule has 2 N–H and O–H groups in total. The molecule has 1 aromatic rings. The van der Waals surface area contributed by atoms with Crippen LogP contribution >= 0.6 is 0 Å². The van der Waals surface area contributed by atoms with E-state index in [1.54, 1.807) is 0 Å². The number of aromatic nitrogens is 2. The van der Waals surface area contributed by atoms with Crippen molar-refractivity contribution in [2.45, 2.75) is 43.9 Å². The second-order valence-electron chi connectivity index (χ2n) is 5.17. The molecule has 0 aliphatic heterocycles. The number of carbonyl (C=O) groups is 1. The summed E-state index contributed by atoms with van der Waals surface area (Å²) in [5.74, 6) is 0.608. The van der Waals surface area contributed by atoms with Crippen LogP contribution in [0.5, 0.6) is 0 Å². The Labute approximate surface area is 93.4 Å². The molecule has 4 rings (SSSR count). The van der Waals surface area contributed by atoms with Crippen LogP contribution in [0.15, 0.2) is 10.9 Å². The van der Waals surface area contributed by atoms with Crippen molar-refractivity contribution in [2.75, 3.05) is 0 Å². The number of hydrogen-bond acceptors (Lipinski definition) is 4. The average molecular weight is 221 g/mol. The Morgan fingerprint density at radius 3 is 2.31 bits per heavy atom. The first-order valence-electron chi connectivity index (χ1n) is 5.74. The summed E-state index contributed by atoms with van der Waals surface area (Å²) >= 11 is 0. The van der Waals surface area contributed by atoms with Gasteiger partial charge in [0.05, 0.1) is 0 Å². The van der Waals surface area contributed by atoms with Gasteiger partial charge >= 0.3 is 0 Å². The first-order chi connectivity index (χ1) is 7.67. The third-order valence-corrected chi connectivity index (χ3v) is 4.58. The van der Waals surface area contributed by atoms with Crippen LogP contribution in [0.3, 0.4) is 0 Å². The van der Waals surface area contributed by atoms with Crippen molar-refractivity contribution >= 4 is 5.91 Å². The van der Waals surface area contributed by atoms with E-state index in [2.05, 4.69) is 10.1 Å². The molecule has 0 saturated heterocycles. The maximum atomic E-state index is 11.5. The molecule has 0 spiro atoms. The molecular weight excluding hydrogens is 206 g/mol. The van der Waals surface area contributed by atoms with Gasteiger partial charge in [-0.3, -0.25) is 4.79 Å². The van der Waals surface area contributed by atoms with Crippen molar-refractivity contribution in [2.24, 2.45) is 11.1 Å². The first kappa shape index (κ1) is 9.81. The van der Waals surface area contributed by atoms with Crippen molar-refractivity contribution in [3.05, 3.63) is 12.2 Å². The zero-order valence-electron chi connectivity index (χ0n) is 9.11. The molecule has 0 radical (unpaired) electrons. The second-order valence-corrected chi connectivity index (χ2v) is 5.17. The molecule has 1 amide bonds. The van der Waals surface area contributed by atoms with Gasteiger partial charge in [0.15, 0.2) is 6.33 Å². The maximum absolute atomic E-state index is 11.5. The van der Waals surface area contributed by atoms with Crippen LogP contribution < -0.4 is 5.73 Å². The largest absolute Gasteiger partial charge is 0.369 e. The molecule has 2 bridgehead atoms. The van der Waals surface area contributed by atoms with Crippen LogP contribution in [-0.4, -0.2) is 16.0 Å². The lowest BCUT2D eigenvalue weighted by Gasteiger charge is -2.49. The Morgan fingerprint density at radius 1 is 1.25 bits per heavy atom. The summed E-state index contributed by atoms with van der Waals surface area (Å²) < 4.78 is 5.21. The smallest absolute Gasteiger partial charge is 0.232 e. The molecule has 16 heavy (non-hydrogen) atoms. The molecule has 1 aromatic heterocycles. The summed E-state index contributed by atoms with van der Waals surface area (Å²) in [4.78, 5) is 15.7. The number of nitrogens with zero attached hydrogens (tertiary/aromatic N) is 2. The highest BCUT2D eigenvalue weighted by atomic mass is 16.5. The molecule has 1 heterocycles. The normalized spacial score (nSPS) is 37.5. The molecule has 3 aliphatic carbocycles. The summed E-state index contributed by atoms with van der Waals surface area (Å²) in [6, 6.07) is 0. The van der Waals surface area contributed by atoms with E-state index >= 15 is 0 Å². The van der Waals surface area contributed by atoms with E-state index < -0.39 is 0 Å². The Bertz CT molecular complexity index is 388. The monoisotopic (exact) mass is 221 g/mol. The minimum absolute atomic E-state index is 0.0215. The molecule has 3 saturated carbocycles. The minimum Gasteiger partial charge on any atom is -0.369 e. The highest BCUT2D eigenvalue weighted by Crippen LogP contribution is 2.57. The SMILES string of the molecule is NC(=O)C12CCC(c3ncno3)(CC1)CC2. The van der Waals surface area contributed by atoms with Crippen LogP contribution in [0.25, 0.3) is 0 Å². The van der Waals surface area contributed by atoms with Gasteiger partial charge in [-0.25, -0.2) is 0 Å². The molecule has 86 valence electrons. The van der Waals surface area contributed by atoms with E-state index in [-0.39, 0.29) is 16.7 Å². The molecule has 0 unspecified atom stereocenters. The van der Waals surface area contributed by atoms with E-state index in [4.69, 9.17) is 10.3 Å². The third kappa shape index (κ3) is 1.14. The van der Waals surface area contributed by atoms with Gasteiger partial charge in [-0.2, -0.15) is 4.98 Å². The van der Waals surface area contributed by atoms with Crippen LogP contribution in [0.4, 0.5) is 0 Å². The van der Waals surface area contributed by atoms with Crippen LogP contribution in [0.2, 0.25) is 0 Å². The van der Waals surface area contributed by atoms with Crippen molar-refractivity contribution in [3.8, 4) is 0 Å². The van der Waals surface area contributed by atoms with Crippen molar-refractivity contribution < 1.29 is 9.32 Å². The zero-order chi connectivity index (χ0) is 11.2. The average Bonchev–Trinajstić information content (AvgIpc) is 2.85. The summed E-state index contributed by atoms with van der Waals surface area (Å²) in [5, 5.41) is 3.68. The molecule has 5 heteroatoms. The Balaban J connectivity index is 1.89.